The normalized spacial score (nSPS) is 19.9. The number of hydrogen-bond acceptors (Lipinski definition) is 7. The van der Waals surface area contributed by atoms with Crippen molar-refractivity contribution in [1.82, 2.24) is 10.2 Å². The first-order chi connectivity index (χ1) is 14.9. The summed E-state index contributed by atoms with van der Waals surface area (Å²) in [6.45, 7) is 3.52. The van der Waals surface area contributed by atoms with Gasteiger partial charge in [0.15, 0.2) is 12.1 Å². The molecule has 31 heavy (non-hydrogen) atoms. The van der Waals surface area contributed by atoms with Crippen LogP contribution >= 0.6 is 23.2 Å². The third-order valence-electron chi connectivity index (χ3n) is 6.08. The smallest absolute Gasteiger partial charge is 0.165 e. The summed E-state index contributed by atoms with van der Waals surface area (Å²) in [6, 6.07) is 3.65. The zero-order valence-electron chi connectivity index (χ0n) is 17.5. The van der Waals surface area contributed by atoms with E-state index < -0.39 is 0 Å². The fourth-order valence-electron chi connectivity index (χ4n) is 4.73. The number of Topliss-reactive ketones (excluding diaryl/α,β-unsaturated/α-hetero) is 1. The maximum Gasteiger partial charge on any atom is 0.165 e. The van der Waals surface area contributed by atoms with Gasteiger partial charge < -0.3 is 26.1 Å². The first kappa shape index (κ1) is 23.7. The average molecular weight is 467 g/mol. The third kappa shape index (κ3) is 4.95. The number of nitrogens with zero attached hydrogens (tertiary/aromatic N) is 1. The number of likely N-dealkylation sites (tertiary alicyclic amines) is 1. The number of allylic oxidation sites excluding steroid dienone is 2. The summed E-state index contributed by atoms with van der Waals surface area (Å²) >= 11 is 11.9. The van der Waals surface area contributed by atoms with Gasteiger partial charge in [0.1, 0.15) is 10.8 Å². The first-order valence-corrected chi connectivity index (χ1v) is 11.1. The van der Waals surface area contributed by atoms with E-state index in [-0.39, 0.29) is 16.9 Å². The van der Waals surface area contributed by atoms with Crippen LogP contribution in [0.3, 0.4) is 0 Å². The van der Waals surface area contributed by atoms with E-state index in [2.05, 4.69) is 16.0 Å². The molecule has 7 nitrogen and oxygen atoms in total. The fraction of sp³-hybridized carbons (Fsp3) is 0.500. The summed E-state index contributed by atoms with van der Waals surface area (Å²) in [4.78, 5) is 25.0. The van der Waals surface area contributed by atoms with Crippen molar-refractivity contribution in [3.8, 4) is 5.75 Å². The fourth-order valence-corrected chi connectivity index (χ4v) is 5.13. The second kappa shape index (κ2) is 10.1. The number of rotatable bonds is 8. The molecule has 2 aliphatic carbocycles. The van der Waals surface area contributed by atoms with Gasteiger partial charge in [0, 0.05) is 55.4 Å². The zero-order chi connectivity index (χ0) is 22.6. The Hall–Kier alpha value is -1.93. The molecule has 0 radical (unpaired) electrons. The van der Waals surface area contributed by atoms with Crippen LogP contribution in [0.15, 0.2) is 22.9 Å². The van der Waals surface area contributed by atoms with Crippen molar-refractivity contribution in [1.29, 1.82) is 5.41 Å². The number of ketones is 1. The van der Waals surface area contributed by atoms with E-state index in [1.54, 1.807) is 6.07 Å². The van der Waals surface area contributed by atoms with Gasteiger partial charge in [-0.3, -0.25) is 9.59 Å². The molecule has 1 aromatic carbocycles. The van der Waals surface area contributed by atoms with E-state index in [9.17, 15) is 9.59 Å². The van der Waals surface area contributed by atoms with Crippen LogP contribution in [-0.4, -0.2) is 62.5 Å². The number of ether oxygens (including phenoxy) is 1. The minimum absolute atomic E-state index is 0.0226. The van der Waals surface area contributed by atoms with Crippen LogP contribution in [0.1, 0.15) is 35.2 Å². The van der Waals surface area contributed by atoms with Crippen LogP contribution in [0.2, 0.25) is 5.02 Å². The molecule has 1 aromatic rings. The molecule has 1 heterocycles. The number of nitrogens with one attached hydrogen (secondary N) is 2. The lowest BCUT2D eigenvalue weighted by atomic mass is 9.61. The third-order valence-corrected chi connectivity index (χ3v) is 6.69. The van der Waals surface area contributed by atoms with Crippen molar-refractivity contribution >= 4 is 41.5 Å². The maximum atomic E-state index is 12.0. The molecule has 3 aliphatic rings. The Labute approximate surface area is 192 Å². The molecule has 9 heteroatoms. The minimum Gasteiger partial charge on any atom is -0.490 e. The topological polar surface area (TPSA) is 109 Å². The van der Waals surface area contributed by atoms with Gasteiger partial charge in [-0.15, -0.1) is 0 Å². The number of aldehydes is 1. The molecule has 0 aromatic heterocycles. The molecule has 1 saturated carbocycles. The van der Waals surface area contributed by atoms with Gasteiger partial charge in [0.2, 0.25) is 0 Å². The predicted octanol–water partition coefficient (Wildman–Crippen LogP) is 2.78. The summed E-state index contributed by atoms with van der Waals surface area (Å²) in [6.07, 6.45) is 5.05. The van der Waals surface area contributed by atoms with E-state index in [0.29, 0.717) is 47.4 Å². The van der Waals surface area contributed by atoms with Gasteiger partial charge in [-0.25, -0.2) is 0 Å². The Morgan fingerprint density at radius 1 is 1.35 bits per heavy atom. The number of benzene rings is 1. The van der Waals surface area contributed by atoms with Crippen LogP contribution < -0.4 is 15.8 Å². The Morgan fingerprint density at radius 2 is 2.06 bits per heavy atom. The van der Waals surface area contributed by atoms with E-state index >= 15 is 0 Å². The van der Waals surface area contributed by atoms with Crippen molar-refractivity contribution < 1.29 is 14.3 Å². The zero-order valence-corrected chi connectivity index (χ0v) is 19.1. The average Bonchev–Trinajstić information content (AvgIpc) is 3.12. The number of halogens is 2. The Bertz CT molecular complexity index is 889. The number of fused-ring (bicyclic) bond motifs is 1. The second-order valence-corrected chi connectivity index (χ2v) is 8.95. The van der Waals surface area contributed by atoms with Crippen molar-refractivity contribution in [2.75, 3.05) is 33.2 Å². The van der Waals surface area contributed by atoms with Crippen LogP contribution in [0.25, 0.3) is 0 Å². The van der Waals surface area contributed by atoms with E-state index in [1.807, 2.05) is 6.07 Å². The van der Waals surface area contributed by atoms with E-state index in [4.69, 9.17) is 33.3 Å². The highest BCUT2D eigenvalue weighted by Crippen LogP contribution is 2.50. The Balaban J connectivity index is 0.00000132. The SMILES string of the molecule is CN.N=C/C(NCCN1CC2(CC(Oc3ccc(Cl)c4c3CCC4=O)C2)C1)=C(/Cl)C=O. The molecule has 0 bridgehead atoms. The Kier molecular flexibility index (Phi) is 7.75. The highest BCUT2D eigenvalue weighted by Gasteiger charge is 2.53. The Morgan fingerprint density at radius 3 is 2.71 bits per heavy atom. The highest BCUT2D eigenvalue weighted by molar-refractivity contribution is 6.40. The van der Waals surface area contributed by atoms with Gasteiger partial charge in [-0.1, -0.05) is 23.2 Å². The standard InChI is InChI=1S/C21H23Cl2N3O3.CH5N/c22-15-2-4-19(14-1-3-18(28)20(14)15)29-13-7-21(8-13)11-26(12-21)6-5-25-17(9-24)16(23)10-27;1-2/h2,4,9-10,13,24-25H,1,3,5-8,11-12H2;2H2,1H3/b17-16-,24-9?;. The lowest BCUT2D eigenvalue weighted by Crippen LogP contribution is -2.65. The molecule has 0 amide bonds. The first-order valence-electron chi connectivity index (χ1n) is 10.4. The number of carbonyl (C=O) groups is 2. The lowest BCUT2D eigenvalue weighted by molar-refractivity contribution is -0.118. The van der Waals surface area contributed by atoms with Crippen LogP contribution in [-0.2, 0) is 11.2 Å². The molecule has 1 aliphatic heterocycles. The van der Waals surface area contributed by atoms with Crippen LogP contribution in [0.5, 0.6) is 5.75 Å². The van der Waals surface area contributed by atoms with Gasteiger partial charge in [0.05, 0.1) is 16.8 Å². The molecule has 4 N–H and O–H groups in total. The van der Waals surface area contributed by atoms with Gasteiger partial charge in [0.25, 0.3) is 0 Å². The number of nitrogens with two attached hydrogens (primary N) is 1. The summed E-state index contributed by atoms with van der Waals surface area (Å²) in [7, 11) is 1.50. The van der Waals surface area contributed by atoms with Gasteiger partial charge in [-0.05, 0) is 38.4 Å². The number of carbonyl (C=O) groups excluding carboxylic acids is 2. The molecule has 0 unspecified atom stereocenters. The second-order valence-electron chi connectivity index (χ2n) is 8.13. The highest BCUT2D eigenvalue weighted by atomic mass is 35.5. The van der Waals surface area contributed by atoms with Gasteiger partial charge in [-0.2, -0.15) is 0 Å². The lowest BCUT2D eigenvalue weighted by Gasteiger charge is -2.58. The summed E-state index contributed by atoms with van der Waals surface area (Å²) in [5.41, 5.74) is 6.79. The molecule has 168 valence electrons. The monoisotopic (exact) mass is 466 g/mol. The molecule has 1 saturated heterocycles. The maximum absolute atomic E-state index is 12.0. The quantitative estimate of drug-likeness (QED) is 0.308. The molecular weight excluding hydrogens is 439 g/mol. The summed E-state index contributed by atoms with van der Waals surface area (Å²) in [5.74, 6) is 0.924. The molecule has 4 rings (SSSR count). The van der Waals surface area contributed by atoms with Crippen molar-refractivity contribution in [2.45, 2.75) is 31.8 Å². The van der Waals surface area contributed by atoms with Crippen molar-refractivity contribution in [3.63, 3.8) is 0 Å². The van der Waals surface area contributed by atoms with Gasteiger partial charge >= 0.3 is 0 Å². The largest absolute Gasteiger partial charge is 0.490 e. The van der Waals surface area contributed by atoms with E-state index in [0.717, 1.165) is 50.0 Å². The summed E-state index contributed by atoms with van der Waals surface area (Å²) in [5, 5.41) is 10.9. The van der Waals surface area contributed by atoms with Crippen molar-refractivity contribution in [3.05, 3.63) is 39.0 Å². The van der Waals surface area contributed by atoms with Crippen molar-refractivity contribution in [2.24, 2.45) is 11.1 Å². The summed E-state index contributed by atoms with van der Waals surface area (Å²) < 4.78 is 6.21. The number of hydrogen-bond donors (Lipinski definition) is 3. The minimum atomic E-state index is 0.0226. The molecular formula is C22H28Cl2N4O3. The predicted molar refractivity (Wildman–Crippen MR) is 122 cm³/mol. The van der Waals surface area contributed by atoms with E-state index in [1.165, 1.54) is 7.05 Å². The van der Waals surface area contributed by atoms with Crippen LogP contribution in [0.4, 0.5) is 0 Å². The van der Waals surface area contributed by atoms with Crippen LogP contribution in [0, 0.1) is 10.8 Å². The molecule has 2 fully saturated rings. The molecule has 0 atom stereocenters. The molecule has 1 spiro atoms.